The van der Waals surface area contributed by atoms with Crippen molar-refractivity contribution in [1.82, 2.24) is 4.98 Å². The number of amides is 1. The molecule has 2 heterocycles. The van der Waals surface area contributed by atoms with Crippen LogP contribution < -0.4 is 19.1 Å². The molecule has 0 saturated carbocycles. The van der Waals surface area contributed by atoms with Gasteiger partial charge in [0.15, 0.2) is 5.13 Å². The fourth-order valence-electron chi connectivity index (χ4n) is 4.77. The fourth-order valence-corrected chi connectivity index (χ4v) is 5.79. The number of thiazole rings is 1. The number of carbonyl (C=O) groups is 2. The first-order chi connectivity index (χ1) is 20.4. The van der Waals surface area contributed by atoms with Gasteiger partial charge in [0.05, 0.1) is 42.2 Å². The quantitative estimate of drug-likeness (QED) is 0.0806. The maximum Gasteiger partial charge on any atom is 0.301 e. The Balaban J connectivity index is 1.60. The van der Waals surface area contributed by atoms with Crippen LogP contribution in [0.15, 0.2) is 72.3 Å². The number of aliphatic hydroxyl groups excluding tert-OH is 1. The van der Waals surface area contributed by atoms with E-state index in [-0.39, 0.29) is 11.3 Å². The van der Waals surface area contributed by atoms with Crippen LogP contribution in [0.25, 0.3) is 16.0 Å². The SMILES string of the molecule is CCCCOc1ccc(C2/C(=C(\O)c3cccc(OCCCC)c3)C(=O)C(=O)N2c2nc3ccc(OC)cc3s2)cc1. The van der Waals surface area contributed by atoms with Crippen molar-refractivity contribution in [3.8, 4) is 17.2 Å². The smallest absolute Gasteiger partial charge is 0.301 e. The summed E-state index contributed by atoms with van der Waals surface area (Å²) < 4.78 is 17.8. The summed E-state index contributed by atoms with van der Waals surface area (Å²) in [5.74, 6) is 0.116. The summed E-state index contributed by atoms with van der Waals surface area (Å²) in [5, 5.41) is 11.9. The number of ether oxygens (including phenoxy) is 3. The molecule has 1 amide bonds. The Labute approximate surface area is 249 Å². The number of hydrogen-bond donors (Lipinski definition) is 1. The van der Waals surface area contributed by atoms with E-state index in [0.717, 1.165) is 30.4 Å². The van der Waals surface area contributed by atoms with Crippen molar-refractivity contribution < 1.29 is 28.9 Å². The van der Waals surface area contributed by atoms with Gasteiger partial charge >= 0.3 is 5.91 Å². The number of methoxy groups -OCH3 is 1. The molecule has 1 unspecified atom stereocenters. The standard InChI is InChI=1S/C33H34N2O6S/c1-4-6-17-40-23-13-11-21(12-14-23)29-28(30(36)22-9-8-10-25(19-22)41-18-7-5-2)31(37)32(38)35(29)33-34-26-16-15-24(39-3)20-27(26)42-33/h8-16,19-20,29,36H,4-7,17-18H2,1-3H3/b30-28+. The number of anilines is 1. The Morgan fingerprint density at radius 2 is 1.60 bits per heavy atom. The van der Waals surface area contributed by atoms with Crippen LogP contribution in [0.3, 0.4) is 0 Å². The lowest BCUT2D eigenvalue weighted by Crippen LogP contribution is -2.29. The van der Waals surface area contributed by atoms with Crippen LogP contribution in [0.5, 0.6) is 17.2 Å². The van der Waals surface area contributed by atoms with Gasteiger partial charge in [-0.3, -0.25) is 14.5 Å². The summed E-state index contributed by atoms with van der Waals surface area (Å²) in [7, 11) is 1.58. The molecule has 9 heteroatoms. The second-order valence-electron chi connectivity index (χ2n) is 10.0. The van der Waals surface area contributed by atoms with Gasteiger partial charge in [0, 0.05) is 5.56 Å². The van der Waals surface area contributed by atoms with E-state index < -0.39 is 17.7 Å². The number of aliphatic hydroxyl groups is 1. The first-order valence-electron chi connectivity index (χ1n) is 14.2. The Kier molecular flexibility index (Phi) is 9.07. The number of nitrogens with zero attached hydrogens (tertiary/aromatic N) is 2. The molecule has 5 rings (SSSR count). The molecule has 1 aliphatic heterocycles. The molecular weight excluding hydrogens is 552 g/mol. The lowest BCUT2D eigenvalue weighted by atomic mass is 9.95. The zero-order valence-corrected chi connectivity index (χ0v) is 24.8. The molecule has 3 aromatic carbocycles. The summed E-state index contributed by atoms with van der Waals surface area (Å²) in [6.07, 6.45) is 3.84. The van der Waals surface area contributed by atoms with Gasteiger partial charge in [-0.25, -0.2) is 4.98 Å². The monoisotopic (exact) mass is 586 g/mol. The molecular formula is C33H34N2O6S. The number of benzene rings is 3. The molecule has 1 fully saturated rings. The second kappa shape index (κ2) is 13.1. The lowest BCUT2D eigenvalue weighted by Gasteiger charge is -2.23. The van der Waals surface area contributed by atoms with Gasteiger partial charge < -0.3 is 19.3 Å². The zero-order valence-electron chi connectivity index (χ0n) is 24.0. The van der Waals surface area contributed by atoms with E-state index in [4.69, 9.17) is 14.2 Å². The number of hydrogen-bond acceptors (Lipinski definition) is 8. The first-order valence-corrected chi connectivity index (χ1v) is 15.0. The zero-order chi connectivity index (χ0) is 29.6. The highest BCUT2D eigenvalue weighted by Crippen LogP contribution is 2.45. The van der Waals surface area contributed by atoms with Crippen molar-refractivity contribution in [2.45, 2.75) is 45.6 Å². The molecule has 1 aromatic heterocycles. The average Bonchev–Trinajstić information content (AvgIpc) is 3.55. The number of aromatic nitrogens is 1. The van der Waals surface area contributed by atoms with E-state index in [1.807, 2.05) is 36.4 Å². The Morgan fingerprint density at radius 1 is 0.905 bits per heavy atom. The highest BCUT2D eigenvalue weighted by Gasteiger charge is 2.48. The van der Waals surface area contributed by atoms with E-state index in [2.05, 4.69) is 18.8 Å². The van der Waals surface area contributed by atoms with Crippen LogP contribution in [0.4, 0.5) is 5.13 Å². The average molecular weight is 587 g/mol. The number of unbranched alkanes of at least 4 members (excludes halogenated alkanes) is 2. The Bertz CT molecular complexity index is 1610. The summed E-state index contributed by atoms with van der Waals surface area (Å²) in [6.45, 7) is 5.32. The minimum atomic E-state index is -0.901. The third-order valence-electron chi connectivity index (χ3n) is 7.07. The van der Waals surface area contributed by atoms with E-state index >= 15 is 0 Å². The van der Waals surface area contributed by atoms with Gasteiger partial charge in [-0.1, -0.05) is 62.3 Å². The first kappa shape index (κ1) is 29.1. The molecule has 0 bridgehead atoms. The maximum atomic E-state index is 13.6. The minimum absolute atomic E-state index is 0.0119. The Morgan fingerprint density at radius 3 is 2.29 bits per heavy atom. The molecule has 0 radical (unpaired) electrons. The summed E-state index contributed by atoms with van der Waals surface area (Å²) in [4.78, 5) is 33.3. The number of rotatable bonds is 12. The van der Waals surface area contributed by atoms with E-state index in [9.17, 15) is 14.7 Å². The molecule has 0 aliphatic carbocycles. The summed E-state index contributed by atoms with van der Waals surface area (Å²) >= 11 is 1.28. The van der Waals surface area contributed by atoms with Crippen LogP contribution in [-0.4, -0.2) is 42.1 Å². The van der Waals surface area contributed by atoms with Crippen LogP contribution in [-0.2, 0) is 9.59 Å². The van der Waals surface area contributed by atoms with Crippen molar-refractivity contribution in [1.29, 1.82) is 0 Å². The van der Waals surface area contributed by atoms with Gasteiger partial charge in [0.1, 0.15) is 23.0 Å². The molecule has 1 N–H and O–H groups in total. The molecule has 1 aliphatic rings. The minimum Gasteiger partial charge on any atom is -0.507 e. The lowest BCUT2D eigenvalue weighted by molar-refractivity contribution is -0.132. The summed E-state index contributed by atoms with van der Waals surface area (Å²) in [6, 6.07) is 18.8. The molecule has 8 nitrogen and oxygen atoms in total. The molecule has 218 valence electrons. The molecule has 1 atom stereocenters. The fraction of sp³-hybridized carbons (Fsp3) is 0.303. The number of carbonyl (C=O) groups excluding carboxylic acids is 2. The van der Waals surface area contributed by atoms with Crippen molar-refractivity contribution in [3.05, 3.63) is 83.4 Å². The molecule has 42 heavy (non-hydrogen) atoms. The van der Waals surface area contributed by atoms with Gasteiger partial charge in [-0.15, -0.1) is 0 Å². The number of fused-ring (bicyclic) bond motifs is 1. The van der Waals surface area contributed by atoms with Crippen LogP contribution in [0.2, 0.25) is 0 Å². The molecule has 1 saturated heterocycles. The highest BCUT2D eigenvalue weighted by atomic mass is 32.1. The van der Waals surface area contributed by atoms with Crippen molar-refractivity contribution >= 4 is 44.1 Å². The molecule has 4 aromatic rings. The van der Waals surface area contributed by atoms with Crippen molar-refractivity contribution in [3.63, 3.8) is 0 Å². The van der Waals surface area contributed by atoms with Crippen molar-refractivity contribution in [2.75, 3.05) is 25.2 Å². The predicted molar refractivity (Wildman–Crippen MR) is 165 cm³/mol. The van der Waals surface area contributed by atoms with Gasteiger partial charge in [-0.2, -0.15) is 0 Å². The summed E-state index contributed by atoms with van der Waals surface area (Å²) in [5.41, 5.74) is 1.70. The number of ketones is 1. The van der Waals surface area contributed by atoms with Crippen LogP contribution in [0, 0.1) is 0 Å². The topological polar surface area (TPSA) is 98.2 Å². The van der Waals surface area contributed by atoms with Crippen LogP contribution >= 0.6 is 11.3 Å². The van der Waals surface area contributed by atoms with Gasteiger partial charge in [0.25, 0.3) is 5.78 Å². The van der Waals surface area contributed by atoms with Gasteiger partial charge in [-0.05, 0) is 60.9 Å². The van der Waals surface area contributed by atoms with Gasteiger partial charge in [0.2, 0.25) is 0 Å². The van der Waals surface area contributed by atoms with E-state index in [1.165, 1.54) is 16.2 Å². The predicted octanol–water partition coefficient (Wildman–Crippen LogP) is 7.29. The van der Waals surface area contributed by atoms with E-state index in [1.54, 1.807) is 37.4 Å². The Hall–Kier alpha value is -4.37. The maximum absolute atomic E-state index is 13.6. The number of Topliss-reactive ketones (excluding diaryl/α,β-unsaturated/α-hetero) is 1. The second-order valence-corrected chi connectivity index (χ2v) is 11.0. The normalized spacial score (nSPS) is 16.3. The largest absolute Gasteiger partial charge is 0.507 e. The third-order valence-corrected chi connectivity index (χ3v) is 8.09. The van der Waals surface area contributed by atoms with Crippen molar-refractivity contribution in [2.24, 2.45) is 0 Å². The highest BCUT2D eigenvalue weighted by molar-refractivity contribution is 7.22. The third kappa shape index (κ3) is 5.97. The van der Waals surface area contributed by atoms with Crippen LogP contribution in [0.1, 0.15) is 56.7 Å². The van der Waals surface area contributed by atoms with E-state index in [0.29, 0.717) is 52.2 Å². The molecule has 0 spiro atoms.